The molecule has 0 nitrogen and oxygen atoms in total. The average molecular weight is 130 g/mol. The molecule has 1 aliphatic rings. The van der Waals surface area contributed by atoms with E-state index in [0.717, 1.165) is 0 Å². The van der Waals surface area contributed by atoms with E-state index in [1.807, 2.05) is 21.6 Å². The lowest BCUT2D eigenvalue weighted by molar-refractivity contribution is 1.85. The molecule has 0 N–H and O–H groups in total. The van der Waals surface area contributed by atoms with Crippen LogP contribution in [0.4, 0.5) is 0 Å². The summed E-state index contributed by atoms with van der Waals surface area (Å²) in [6.07, 6.45) is 10.2. The maximum Gasteiger partial charge on any atom is 0.0229 e. The Labute approximate surface area is 52.2 Å². The quantitative estimate of drug-likeness (QED) is 0.364. The van der Waals surface area contributed by atoms with Crippen LogP contribution in [-0.2, 0) is 0 Å². The molecule has 7 heavy (non-hydrogen) atoms. The van der Waals surface area contributed by atoms with Gasteiger partial charge < -0.3 is 0 Å². The summed E-state index contributed by atoms with van der Waals surface area (Å²) >= 11 is 0. The highest BCUT2D eigenvalue weighted by Gasteiger charge is 1.85. The predicted octanol–water partition coefficient (Wildman–Crippen LogP) is 2.14. The predicted molar refractivity (Wildman–Crippen MR) is 39.1 cm³/mol. The van der Waals surface area contributed by atoms with Crippen molar-refractivity contribution in [2.75, 3.05) is 5.75 Å². The van der Waals surface area contributed by atoms with Crippen molar-refractivity contribution in [2.24, 2.45) is 0 Å². The highest BCUT2D eigenvalue weighted by Crippen LogP contribution is 2.27. The van der Waals surface area contributed by atoms with Crippen molar-refractivity contribution in [3.8, 4) is 12.8 Å². The van der Waals surface area contributed by atoms with Crippen molar-refractivity contribution < 1.29 is 0 Å². The van der Waals surface area contributed by atoms with Crippen molar-refractivity contribution in [3.63, 3.8) is 0 Å². The van der Waals surface area contributed by atoms with Crippen LogP contribution in [-0.4, -0.2) is 5.75 Å². The molecule has 38 valence electrons. The minimum absolute atomic E-state index is 1.20. The van der Waals surface area contributed by atoms with Crippen LogP contribution >= 0.6 is 21.6 Å². The molecule has 0 radical (unpaired) electrons. The van der Waals surface area contributed by atoms with E-state index in [4.69, 9.17) is 0 Å². The largest absolute Gasteiger partial charge is 0.124 e. The van der Waals surface area contributed by atoms with Gasteiger partial charge in [0.25, 0.3) is 0 Å². The highest BCUT2D eigenvalue weighted by atomic mass is 33.1. The van der Waals surface area contributed by atoms with Crippen molar-refractivity contribution in [1.29, 1.82) is 0 Å². The molecule has 0 amide bonds. The van der Waals surface area contributed by atoms with Crippen LogP contribution in [0.2, 0.25) is 0 Å². The van der Waals surface area contributed by atoms with Gasteiger partial charge in [0.05, 0.1) is 0 Å². The van der Waals surface area contributed by atoms with Crippen molar-refractivity contribution in [2.45, 2.75) is 0 Å². The van der Waals surface area contributed by atoms with E-state index in [1.54, 1.807) is 0 Å². The minimum atomic E-state index is 1.20. The summed E-state index contributed by atoms with van der Waals surface area (Å²) in [5, 5.41) is 2.12. The van der Waals surface area contributed by atoms with Gasteiger partial charge in [0, 0.05) is 5.75 Å². The number of terminal acetylenes is 1. The molecule has 0 aromatic heterocycles. The molecule has 0 atom stereocenters. The molecular formula is C5H6S2. The lowest BCUT2D eigenvalue weighted by atomic mass is 10.8. The van der Waals surface area contributed by atoms with E-state index in [9.17, 15) is 0 Å². The molecule has 1 rings (SSSR count). The standard InChI is InChI=1S/C3H4S2.C2H2/c1-2-4-5-3-1;1-2/h1-2H,3H2;1-2H. The fourth-order valence-corrected chi connectivity index (χ4v) is 1.77. The van der Waals surface area contributed by atoms with Gasteiger partial charge in [-0.25, -0.2) is 0 Å². The Morgan fingerprint density at radius 1 is 1.43 bits per heavy atom. The van der Waals surface area contributed by atoms with E-state index in [1.165, 1.54) is 5.75 Å². The molecule has 0 fully saturated rings. The Morgan fingerprint density at radius 3 is 2.29 bits per heavy atom. The maximum absolute atomic E-state index is 4.00. The highest BCUT2D eigenvalue weighted by molar-refractivity contribution is 8.78. The zero-order valence-electron chi connectivity index (χ0n) is 3.83. The van der Waals surface area contributed by atoms with Gasteiger partial charge >= 0.3 is 0 Å². The molecule has 0 aromatic carbocycles. The van der Waals surface area contributed by atoms with E-state index in [-0.39, 0.29) is 0 Å². The Kier molecular flexibility index (Phi) is 6.00. The van der Waals surface area contributed by atoms with Crippen LogP contribution < -0.4 is 0 Å². The Morgan fingerprint density at radius 2 is 2.14 bits per heavy atom. The molecule has 0 spiro atoms. The maximum atomic E-state index is 4.00. The lowest BCUT2D eigenvalue weighted by Crippen LogP contribution is -1.46. The first kappa shape index (κ1) is 7.00. The summed E-state index contributed by atoms with van der Waals surface area (Å²) in [6, 6.07) is 0. The van der Waals surface area contributed by atoms with Gasteiger partial charge in [0.2, 0.25) is 0 Å². The van der Waals surface area contributed by atoms with Gasteiger partial charge in [-0.05, 0) is 5.41 Å². The summed E-state index contributed by atoms with van der Waals surface area (Å²) in [5.41, 5.74) is 0. The van der Waals surface area contributed by atoms with E-state index in [2.05, 4.69) is 24.3 Å². The van der Waals surface area contributed by atoms with E-state index < -0.39 is 0 Å². The van der Waals surface area contributed by atoms with Gasteiger partial charge in [-0.2, -0.15) is 0 Å². The second-order valence-corrected chi connectivity index (χ2v) is 3.07. The van der Waals surface area contributed by atoms with Crippen LogP contribution in [0, 0.1) is 12.8 Å². The third-order valence-electron chi connectivity index (χ3n) is 0.384. The van der Waals surface area contributed by atoms with Crippen LogP contribution in [0.5, 0.6) is 0 Å². The smallest absolute Gasteiger partial charge is 0.0229 e. The van der Waals surface area contributed by atoms with Gasteiger partial charge in [0.1, 0.15) is 0 Å². The summed E-state index contributed by atoms with van der Waals surface area (Å²) in [5.74, 6) is 1.20. The average Bonchev–Trinajstić information content (AvgIpc) is 2.23. The van der Waals surface area contributed by atoms with Crippen molar-refractivity contribution in [1.82, 2.24) is 0 Å². The third kappa shape index (κ3) is 3.84. The lowest BCUT2D eigenvalue weighted by Gasteiger charge is -1.69. The van der Waals surface area contributed by atoms with Gasteiger partial charge in [-0.3, -0.25) is 0 Å². The Hall–Kier alpha value is -0.000000000000000111. The summed E-state index contributed by atoms with van der Waals surface area (Å²) in [4.78, 5) is 0. The van der Waals surface area contributed by atoms with Crippen LogP contribution in [0.3, 0.4) is 0 Å². The summed E-state index contributed by atoms with van der Waals surface area (Å²) < 4.78 is 0. The molecule has 0 bridgehead atoms. The molecule has 0 unspecified atom stereocenters. The van der Waals surface area contributed by atoms with Crippen molar-refractivity contribution in [3.05, 3.63) is 11.5 Å². The van der Waals surface area contributed by atoms with Crippen LogP contribution in [0.15, 0.2) is 11.5 Å². The second kappa shape index (κ2) is 6.00. The SMILES string of the molecule is C#C.C1=CSSC1. The second-order valence-electron chi connectivity index (χ2n) is 0.753. The van der Waals surface area contributed by atoms with Gasteiger partial charge in [-0.1, -0.05) is 27.7 Å². The molecule has 0 aliphatic carbocycles. The number of hydrogen-bond donors (Lipinski definition) is 0. The minimum Gasteiger partial charge on any atom is -0.124 e. The van der Waals surface area contributed by atoms with Gasteiger partial charge in [0.15, 0.2) is 0 Å². The molecule has 0 saturated carbocycles. The molecule has 1 heterocycles. The topological polar surface area (TPSA) is 0 Å². The summed E-state index contributed by atoms with van der Waals surface area (Å²) in [6.45, 7) is 0. The molecular weight excluding hydrogens is 124 g/mol. The van der Waals surface area contributed by atoms with Crippen LogP contribution in [0.25, 0.3) is 0 Å². The van der Waals surface area contributed by atoms with Crippen molar-refractivity contribution >= 4 is 21.6 Å². The first-order valence-electron chi connectivity index (χ1n) is 1.77. The molecule has 0 aromatic rings. The van der Waals surface area contributed by atoms with Gasteiger partial charge in [-0.15, -0.1) is 12.8 Å². The zero-order chi connectivity index (χ0) is 5.54. The normalized spacial score (nSPS) is 15.1. The fourth-order valence-electron chi connectivity index (χ4n) is 0.196. The van der Waals surface area contributed by atoms with E-state index in [0.29, 0.717) is 0 Å². The number of hydrogen-bond acceptors (Lipinski definition) is 2. The molecule has 0 saturated heterocycles. The number of rotatable bonds is 0. The summed E-state index contributed by atoms with van der Waals surface area (Å²) in [7, 11) is 3.69. The molecule has 1 aliphatic heterocycles. The molecule has 2 heteroatoms. The van der Waals surface area contributed by atoms with Crippen LogP contribution in [0.1, 0.15) is 0 Å². The fraction of sp³-hybridized carbons (Fsp3) is 0.200. The monoisotopic (exact) mass is 130 g/mol. The Balaban J connectivity index is 0.000000162. The first-order valence-corrected chi connectivity index (χ1v) is 4.15. The Bertz CT molecular complexity index is 67.4. The first-order chi connectivity index (χ1) is 3.50. The zero-order valence-corrected chi connectivity index (χ0v) is 5.47. The van der Waals surface area contributed by atoms with E-state index >= 15 is 0 Å². The third-order valence-corrected chi connectivity index (χ3v) is 2.30.